The van der Waals surface area contributed by atoms with Gasteiger partial charge in [-0.3, -0.25) is 0 Å². The molecular formula is C25H21F2N3O3S. The van der Waals surface area contributed by atoms with Crippen molar-refractivity contribution in [2.24, 2.45) is 0 Å². The molecule has 1 aliphatic heterocycles. The van der Waals surface area contributed by atoms with Crippen molar-refractivity contribution in [3.63, 3.8) is 0 Å². The van der Waals surface area contributed by atoms with Crippen LogP contribution in [0.3, 0.4) is 0 Å². The van der Waals surface area contributed by atoms with Gasteiger partial charge in [-0.05, 0) is 60.4 Å². The fourth-order valence-electron chi connectivity index (χ4n) is 3.92. The molecule has 1 saturated heterocycles. The molecule has 1 heterocycles. The molecule has 3 aromatic rings. The molecule has 0 radical (unpaired) electrons. The second-order valence-electron chi connectivity index (χ2n) is 8.00. The normalized spacial score (nSPS) is 14.4. The molecule has 174 valence electrons. The third kappa shape index (κ3) is 4.92. The van der Waals surface area contributed by atoms with Crippen molar-refractivity contribution in [2.75, 3.05) is 18.4 Å². The van der Waals surface area contributed by atoms with Crippen LogP contribution in [0.25, 0.3) is 11.1 Å². The van der Waals surface area contributed by atoms with Crippen LogP contribution in [0.2, 0.25) is 0 Å². The van der Waals surface area contributed by atoms with Crippen molar-refractivity contribution >= 4 is 21.6 Å². The highest BCUT2D eigenvalue weighted by Crippen LogP contribution is 2.28. The SMILES string of the molecule is N#Cc1ccc(-c2ccc(S(=O)(=O)C3CCN(C(=O)Nc4ccc(F)cc4F)CC3)cc2)cc1. The maximum Gasteiger partial charge on any atom is 0.321 e. The topological polar surface area (TPSA) is 90.3 Å². The molecular weight excluding hydrogens is 460 g/mol. The minimum absolute atomic E-state index is 0.136. The number of benzene rings is 3. The Morgan fingerprint density at radius 1 is 0.941 bits per heavy atom. The van der Waals surface area contributed by atoms with Gasteiger partial charge in [0.25, 0.3) is 0 Å². The van der Waals surface area contributed by atoms with Crippen LogP contribution < -0.4 is 5.32 Å². The number of piperidine rings is 1. The molecule has 1 fully saturated rings. The lowest BCUT2D eigenvalue weighted by Crippen LogP contribution is -2.44. The molecule has 4 rings (SSSR count). The first kappa shape index (κ1) is 23.4. The largest absolute Gasteiger partial charge is 0.324 e. The van der Waals surface area contributed by atoms with Crippen molar-refractivity contribution in [2.45, 2.75) is 23.0 Å². The lowest BCUT2D eigenvalue weighted by atomic mass is 10.0. The lowest BCUT2D eigenvalue weighted by Gasteiger charge is -2.31. The Hall–Kier alpha value is -3.77. The first-order valence-electron chi connectivity index (χ1n) is 10.6. The van der Waals surface area contributed by atoms with Crippen LogP contribution in [-0.2, 0) is 9.84 Å². The quantitative estimate of drug-likeness (QED) is 0.570. The minimum atomic E-state index is -3.59. The van der Waals surface area contributed by atoms with Crippen LogP contribution in [0.4, 0.5) is 19.3 Å². The van der Waals surface area contributed by atoms with Crippen LogP contribution in [0, 0.1) is 23.0 Å². The molecule has 0 bridgehead atoms. The Labute approximate surface area is 196 Å². The fraction of sp³-hybridized carbons (Fsp3) is 0.200. The molecule has 6 nitrogen and oxygen atoms in total. The average Bonchev–Trinajstić information content (AvgIpc) is 2.86. The zero-order valence-corrected chi connectivity index (χ0v) is 18.9. The molecule has 9 heteroatoms. The van der Waals surface area contributed by atoms with Crippen molar-refractivity contribution in [3.8, 4) is 17.2 Å². The van der Waals surface area contributed by atoms with Gasteiger partial charge >= 0.3 is 6.03 Å². The monoisotopic (exact) mass is 481 g/mol. The molecule has 0 atom stereocenters. The van der Waals surface area contributed by atoms with Gasteiger partial charge in [0, 0.05) is 19.2 Å². The van der Waals surface area contributed by atoms with Crippen molar-refractivity contribution in [1.29, 1.82) is 5.26 Å². The number of amides is 2. The van der Waals surface area contributed by atoms with E-state index >= 15 is 0 Å². The number of carbonyl (C=O) groups is 1. The highest BCUT2D eigenvalue weighted by atomic mass is 32.2. The van der Waals surface area contributed by atoms with E-state index in [-0.39, 0.29) is 36.5 Å². The number of carbonyl (C=O) groups excluding carboxylic acids is 1. The summed E-state index contributed by atoms with van der Waals surface area (Å²) in [6.07, 6.45) is 0.498. The van der Waals surface area contributed by atoms with Gasteiger partial charge < -0.3 is 10.2 Å². The Balaban J connectivity index is 1.39. The van der Waals surface area contributed by atoms with E-state index in [0.717, 1.165) is 23.3 Å². The molecule has 0 unspecified atom stereocenters. The predicted molar refractivity (Wildman–Crippen MR) is 124 cm³/mol. The van der Waals surface area contributed by atoms with E-state index < -0.39 is 32.8 Å². The maximum atomic E-state index is 13.8. The number of nitriles is 1. The van der Waals surface area contributed by atoms with Gasteiger partial charge in [-0.15, -0.1) is 0 Å². The zero-order chi connectivity index (χ0) is 24.3. The first-order valence-corrected chi connectivity index (χ1v) is 12.2. The third-order valence-electron chi connectivity index (χ3n) is 5.87. The number of urea groups is 1. The van der Waals surface area contributed by atoms with Crippen LogP contribution >= 0.6 is 0 Å². The molecule has 34 heavy (non-hydrogen) atoms. The molecule has 1 N–H and O–H groups in total. The Morgan fingerprint density at radius 3 is 2.09 bits per heavy atom. The summed E-state index contributed by atoms with van der Waals surface area (Å²) in [4.78, 5) is 14.1. The maximum absolute atomic E-state index is 13.8. The Morgan fingerprint density at radius 2 is 1.53 bits per heavy atom. The molecule has 0 aliphatic carbocycles. The van der Waals surface area contributed by atoms with Gasteiger partial charge in [-0.2, -0.15) is 5.26 Å². The molecule has 0 aromatic heterocycles. The van der Waals surface area contributed by atoms with E-state index in [2.05, 4.69) is 11.4 Å². The zero-order valence-electron chi connectivity index (χ0n) is 18.0. The van der Waals surface area contributed by atoms with Gasteiger partial charge in [-0.25, -0.2) is 22.0 Å². The second-order valence-corrected chi connectivity index (χ2v) is 10.2. The molecule has 0 saturated carbocycles. The van der Waals surface area contributed by atoms with E-state index in [1.807, 2.05) is 0 Å². The van der Waals surface area contributed by atoms with Crippen molar-refractivity contribution in [1.82, 2.24) is 4.90 Å². The number of nitrogens with one attached hydrogen (secondary N) is 1. The van der Waals surface area contributed by atoms with Gasteiger partial charge in [-0.1, -0.05) is 24.3 Å². The smallest absolute Gasteiger partial charge is 0.321 e. The third-order valence-corrected chi connectivity index (χ3v) is 8.15. The van der Waals surface area contributed by atoms with Crippen LogP contribution in [0.5, 0.6) is 0 Å². The lowest BCUT2D eigenvalue weighted by molar-refractivity contribution is 0.200. The summed E-state index contributed by atoms with van der Waals surface area (Å²) < 4.78 is 53.1. The van der Waals surface area contributed by atoms with Gasteiger partial charge in [0.2, 0.25) is 0 Å². The van der Waals surface area contributed by atoms with Gasteiger partial charge in [0.05, 0.1) is 27.5 Å². The fourth-order valence-corrected chi connectivity index (χ4v) is 5.65. The number of nitrogens with zero attached hydrogens (tertiary/aromatic N) is 2. The van der Waals surface area contributed by atoms with E-state index in [1.165, 1.54) is 4.90 Å². The Kier molecular flexibility index (Phi) is 6.61. The van der Waals surface area contributed by atoms with Crippen LogP contribution in [-0.4, -0.2) is 37.7 Å². The number of anilines is 1. The summed E-state index contributed by atoms with van der Waals surface area (Å²) in [5, 5.41) is 10.7. The number of sulfone groups is 1. The van der Waals surface area contributed by atoms with E-state index in [9.17, 15) is 22.0 Å². The average molecular weight is 482 g/mol. The number of likely N-dealkylation sites (tertiary alicyclic amines) is 1. The second kappa shape index (κ2) is 9.61. The number of hydrogen-bond donors (Lipinski definition) is 1. The molecule has 0 spiro atoms. The summed E-state index contributed by atoms with van der Waals surface area (Å²) in [7, 11) is -3.59. The van der Waals surface area contributed by atoms with Crippen molar-refractivity contribution in [3.05, 3.63) is 83.9 Å². The number of hydrogen-bond acceptors (Lipinski definition) is 4. The highest BCUT2D eigenvalue weighted by Gasteiger charge is 2.33. The number of rotatable bonds is 4. The van der Waals surface area contributed by atoms with E-state index in [1.54, 1.807) is 48.5 Å². The summed E-state index contributed by atoms with van der Waals surface area (Å²) in [5.41, 5.74) is 2.12. The van der Waals surface area contributed by atoms with E-state index in [0.29, 0.717) is 11.6 Å². The summed E-state index contributed by atoms with van der Waals surface area (Å²) in [5.74, 6) is -1.62. The van der Waals surface area contributed by atoms with Crippen molar-refractivity contribution < 1.29 is 22.0 Å². The summed E-state index contributed by atoms with van der Waals surface area (Å²) in [6.45, 7) is 0.393. The first-order chi connectivity index (χ1) is 16.3. The minimum Gasteiger partial charge on any atom is -0.324 e. The molecule has 2 amide bonds. The molecule has 1 aliphatic rings. The summed E-state index contributed by atoms with van der Waals surface area (Å²) >= 11 is 0. The standard InChI is InChI=1S/C25H21F2N3O3S/c26-20-7-10-24(23(27)15-20)29-25(31)30-13-11-22(12-14-30)34(32,33)21-8-5-19(6-9-21)18-3-1-17(16-28)2-4-18/h1-10,15,22H,11-14H2,(H,29,31). The van der Waals surface area contributed by atoms with E-state index in [4.69, 9.17) is 5.26 Å². The molecule has 3 aromatic carbocycles. The summed E-state index contributed by atoms with van der Waals surface area (Å²) in [6, 6.07) is 18.0. The van der Waals surface area contributed by atoms with Gasteiger partial charge in [0.1, 0.15) is 11.6 Å². The predicted octanol–water partition coefficient (Wildman–Crippen LogP) is 4.97. The van der Waals surface area contributed by atoms with Gasteiger partial charge in [0.15, 0.2) is 9.84 Å². The van der Waals surface area contributed by atoms with Crippen LogP contribution in [0.1, 0.15) is 18.4 Å². The number of halogens is 2. The highest BCUT2D eigenvalue weighted by molar-refractivity contribution is 7.92. The Bertz CT molecular complexity index is 1340. The van der Waals surface area contributed by atoms with Crippen LogP contribution in [0.15, 0.2) is 71.6 Å².